The van der Waals surface area contributed by atoms with Crippen LogP contribution in [-0.2, 0) is 20.7 Å². The minimum absolute atomic E-state index is 0.192. The van der Waals surface area contributed by atoms with Crippen LogP contribution in [0.2, 0.25) is 0 Å². The van der Waals surface area contributed by atoms with Gasteiger partial charge in [-0.2, -0.15) is 0 Å². The Bertz CT molecular complexity index is 588. The molecule has 1 aliphatic heterocycles. The van der Waals surface area contributed by atoms with Gasteiger partial charge in [0.05, 0.1) is 13.2 Å². The third kappa shape index (κ3) is 6.26. The lowest BCUT2D eigenvalue weighted by Gasteiger charge is -2.29. The number of benzene rings is 1. The second kappa shape index (κ2) is 8.20. The fourth-order valence-corrected chi connectivity index (χ4v) is 2.55. The van der Waals surface area contributed by atoms with E-state index in [1.807, 2.05) is 24.3 Å². The molecule has 1 aliphatic rings. The number of nitrogens with zero attached hydrogens (tertiary/aromatic N) is 1. The van der Waals surface area contributed by atoms with E-state index in [-0.39, 0.29) is 6.42 Å². The van der Waals surface area contributed by atoms with Gasteiger partial charge in [0.2, 0.25) is 0 Å². The number of anilines is 1. The zero-order valence-electron chi connectivity index (χ0n) is 14.9. The van der Waals surface area contributed by atoms with E-state index < -0.39 is 23.7 Å². The zero-order valence-corrected chi connectivity index (χ0v) is 14.9. The van der Waals surface area contributed by atoms with E-state index in [4.69, 9.17) is 9.47 Å². The van der Waals surface area contributed by atoms with Crippen LogP contribution in [0.3, 0.4) is 0 Å². The lowest BCUT2D eigenvalue weighted by molar-refractivity contribution is -0.139. The minimum atomic E-state index is -1.09. The number of carbonyl (C=O) groups excluding carboxylic acids is 1. The zero-order chi connectivity index (χ0) is 18.4. The Kier molecular flexibility index (Phi) is 6.25. The van der Waals surface area contributed by atoms with Gasteiger partial charge in [-0.3, -0.25) is 0 Å². The van der Waals surface area contributed by atoms with Gasteiger partial charge in [0, 0.05) is 25.2 Å². The van der Waals surface area contributed by atoms with E-state index in [1.54, 1.807) is 20.8 Å². The summed E-state index contributed by atoms with van der Waals surface area (Å²) in [5.74, 6) is -1.09. The van der Waals surface area contributed by atoms with Gasteiger partial charge in [-0.15, -0.1) is 0 Å². The van der Waals surface area contributed by atoms with Crippen molar-refractivity contribution >= 4 is 17.7 Å². The van der Waals surface area contributed by atoms with Gasteiger partial charge in [-0.1, -0.05) is 12.1 Å². The molecule has 7 nitrogen and oxygen atoms in total. The predicted octanol–water partition coefficient (Wildman–Crippen LogP) is 2.04. The number of hydrogen-bond donors (Lipinski definition) is 2. The van der Waals surface area contributed by atoms with Crippen molar-refractivity contribution in [3.63, 3.8) is 0 Å². The van der Waals surface area contributed by atoms with Crippen molar-refractivity contribution in [1.82, 2.24) is 5.32 Å². The molecule has 0 bridgehead atoms. The second-order valence-corrected chi connectivity index (χ2v) is 7.01. The standard InChI is InChI=1S/C18H26N2O5/c1-18(2,3)25-17(23)19-15(16(21)22)12-13-4-6-14(7-5-13)20-8-10-24-11-9-20/h4-7,15H,8-12H2,1-3H3,(H,19,23)(H,21,22)/t15-/m0/s1. The first-order valence-electron chi connectivity index (χ1n) is 8.38. The summed E-state index contributed by atoms with van der Waals surface area (Å²) in [5, 5.41) is 11.8. The Morgan fingerprint density at radius 3 is 2.36 bits per heavy atom. The van der Waals surface area contributed by atoms with Crippen molar-refractivity contribution < 1.29 is 24.2 Å². The first-order valence-corrected chi connectivity index (χ1v) is 8.38. The van der Waals surface area contributed by atoms with Crippen LogP contribution in [0, 0.1) is 0 Å². The third-order valence-electron chi connectivity index (χ3n) is 3.74. The van der Waals surface area contributed by atoms with Crippen LogP contribution in [0.1, 0.15) is 26.3 Å². The van der Waals surface area contributed by atoms with E-state index in [0.717, 1.165) is 24.3 Å². The fourth-order valence-electron chi connectivity index (χ4n) is 2.55. The molecule has 2 rings (SSSR count). The van der Waals surface area contributed by atoms with E-state index in [9.17, 15) is 14.7 Å². The average Bonchev–Trinajstić information content (AvgIpc) is 2.54. The number of carboxylic acids is 1. The molecule has 0 unspecified atom stereocenters. The molecule has 0 aromatic heterocycles. The van der Waals surface area contributed by atoms with Crippen molar-refractivity contribution in [2.45, 2.75) is 38.8 Å². The SMILES string of the molecule is CC(C)(C)OC(=O)N[C@@H](Cc1ccc(N2CCOCC2)cc1)C(=O)O. The summed E-state index contributed by atoms with van der Waals surface area (Å²) in [6.45, 7) is 8.30. The van der Waals surface area contributed by atoms with Gasteiger partial charge in [0.1, 0.15) is 11.6 Å². The van der Waals surface area contributed by atoms with Gasteiger partial charge < -0.3 is 24.8 Å². The van der Waals surface area contributed by atoms with Crippen molar-refractivity contribution in [3.8, 4) is 0 Å². The Morgan fingerprint density at radius 2 is 1.84 bits per heavy atom. The van der Waals surface area contributed by atoms with Gasteiger partial charge in [0.25, 0.3) is 0 Å². The van der Waals surface area contributed by atoms with Crippen LogP contribution < -0.4 is 10.2 Å². The number of alkyl carbamates (subject to hydrolysis) is 1. The van der Waals surface area contributed by atoms with Crippen LogP contribution in [0.5, 0.6) is 0 Å². The Hall–Kier alpha value is -2.28. The molecule has 0 aliphatic carbocycles. The van der Waals surface area contributed by atoms with Gasteiger partial charge in [-0.05, 0) is 38.5 Å². The topological polar surface area (TPSA) is 88.1 Å². The molecule has 7 heteroatoms. The molecule has 0 saturated carbocycles. The normalized spacial score (nSPS) is 16.2. The molecule has 1 heterocycles. The maximum Gasteiger partial charge on any atom is 0.408 e. The summed E-state index contributed by atoms with van der Waals surface area (Å²) in [4.78, 5) is 25.5. The highest BCUT2D eigenvalue weighted by Gasteiger charge is 2.24. The molecule has 1 amide bonds. The maximum absolute atomic E-state index is 11.8. The minimum Gasteiger partial charge on any atom is -0.480 e. The Labute approximate surface area is 147 Å². The number of rotatable bonds is 5. The molecule has 1 fully saturated rings. The highest BCUT2D eigenvalue weighted by molar-refractivity contribution is 5.80. The Balaban J connectivity index is 1.97. The molecule has 0 radical (unpaired) electrons. The van der Waals surface area contributed by atoms with Crippen molar-refractivity contribution in [3.05, 3.63) is 29.8 Å². The number of morpholine rings is 1. The maximum atomic E-state index is 11.8. The Morgan fingerprint density at radius 1 is 1.24 bits per heavy atom. The molecule has 0 spiro atoms. The summed E-state index contributed by atoms with van der Waals surface area (Å²) in [5.41, 5.74) is 1.24. The summed E-state index contributed by atoms with van der Waals surface area (Å²) >= 11 is 0. The number of carboxylic acid groups (broad SMARTS) is 1. The van der Waals surface area contributed by atoms with Crippen LogP contribution in [0.4, 0.5) is 10.5 Å². The van der Waals surface area contributed by atoms with Crippen molar-refractivity contribution in [2.24, 2.45) is 0 Å². The molecule has 2 N–H and O–H groups in total. The largest absolute Gasteiger partial charge is 0.480 e. The molecule has 1 aromatic carbocycles. The highest BCUT2D eigenvalue weighted by atomic mass is 16.6. The number of aliphatic carboxylic acids is 1. The van der Waals surface area contributed by atoms with E-state index in [1.165, 1.54) is 0 Å². The first-order chi connectivity index (χ1) is 11.7. The molecule has 138 valence electrons. The average molecular weight is 350 g/mol. The summed E-state index contributed by atoms with van der Waals surface area (Å²) in [7, 11) is 0. The van der Waals surface area contributed by atoms with Crippen molar-refractivity contribution in [2.75, 3.05) is 31.2 Å². The van der Waals surface area contributed by atoms with Gasteiger partial charge in [-0.25, -0.2) is 9.59 Å². The molecule has 1 saturated heterocycles. The van der Waals surface area contributed by atoms with Crippen LogP contribution in [-0.4, -0.2) is 55.1 Å². The molecule has 1 aromatic rings. The lowest BCUT2D eigenvalue weighted by Crippen LogP contribution is -2.44. The number of hydrogen-bond acceptors (Lipinski definition) is 5. The third-order valence-corrected chi connectivity index (χ3v) is 3.74. The van der Waals surface area contributed by atoms with Crippen molar-refractivity contribution in [1.29, 1.82) is 0 Å². The molecular formula is C18H26N2O5. The van der Waals surface area contributed by atoms with Crippen LogP contribution in [0.25, 0.3) is 0 Å². The molecular weight excluding hydrogens is 324 g/mol. The summed E-state index contributed by atoms with van der Waals surface area (Å²) in [6.07, 6.45) is -0.539. The number of amides is 1. The monoisotopic (exact) mass is 350 g/mol. The number of nitrogens with one attached hydrogen (secondary N) is 1. The van der Waals surface area contributed by atoms with Gasteiger partial charge >= 0.3 is 12.1 Å². The van der Waals surface area contributed by atoms with E-state index in [2.05, 4.69) is 10.2 Å². The number of carbonyl (C=O) groups is 2. The molecule has 1 atom stereocenters. The smallest absolute Gasteiger partial charge is 0.408 e. The van der Waals surface area contributed by atoms with E-state index in [0.29, 0.717) is 13.2 Å². The molecule has 25 heavy (non-hydrogen) atoms. The predicted molar refractivity (Wildman–Crippen MR) is 94.0 cm³/mol. The lowest BCUT2D eigenvalue weighted by atomic mass is 10.1. The highest BCUT2D eigenvalue weighted by Crippen LogP contribution is 2.17. The summed E-state index contributed by atoms with van der Waals surface area (Å²) in [6, 6.07) is 6.67. The van der Waals surface area contributed by atoms with Crippen LogP contribution >= 0.6 is 0 Å². The van der Waals surface area contributed by atoms with Crippen LogP contribution in [0.15, 0.2) is 24.3 Å². The quantitative estimate of drug-likeness (QED) is 0.845. The number of ether oxygens (including phenoxy) is 2. The van der Waals surface area contributed by atoms with E-state index >= 15 is 0 Å². The second-order valence-electron chi connectivity index (χ2n) is 7.01. The fraction of sp³-hybridized carbons (Fsp3) is 0.556. The summed E-state index contributed by atoms with van der Waals surface area (Å²) < 4.78 is 10.5. The van der Waals surface area contributed by atoms with Gasteiger partial charge in [0.15, 0.2) is 0 Å². The first kappa shape index (κ1) is 19.1.